The van der Waals surface area contributed by atoms with Crippen LogP contribution in [0, 0.1) is 10.1 Å². The predicted molar refractivity (Wildman–Crippen MR) is 101 cm³/mol. The van der Waals surface area contributed by atoms with Gasteiger partial charge in [0.05, 0.1) is 18.0 Å². The van der Waals surface area contributed by atoms with Crippen LogP contribution in [0.3, 0.4) is 0 Å². The Bertz CT molecular complexity index is 1190. The van der Waals surface area contributed by atoms with Gasteiger partial charge in [-0.25, -0.2) is 10.4 Å². The lowest BCUT2D eigenvalue weighted by Crippen LogP contribution is -2.19. The smallest absolute Gasteiger partial charge is 0.400 e. The summed E-state index contributed by atoms with van der Waals surface area (Å²) >= 11 is 0. The van der Waals surface area contributed by atoms with Crippen LogP contribution in [-0.4, -0.2) is 26.4 Å². The summed E-state index contributed by atoms with van der Waals surface area (Å²) in [5.41, 5.74) is 4.68. The summed E-state index contributed by atoms with van der Waals surface area (Å²) in [5.74, 6) is -0.773. The van der Waals surface area contributed by atoms with Gasteiger partial charge in [-0.1, -0.05) is 36.4 Å². The van der Waals surface area contributed by atoms with Gasteiger partial charge in [0.1, 0.15) is 10.6 Å². The lowest BCUT2D eigenvalue weighted by Gasteiger charge is -2.04. The fourth-order valence-electron chi connectivity index (χ4n) is 2.74. The molecule has 9 nitrogen and oxygen atoms in total. The molecule has 0 atom stereocenters. The van der Waals surface area contributed by atoms with Crippen molar-refractivity contribution in [2.45, 2.75) is 0 Å². The van der Waals surface area contributed by atoms with E-state index in [2.05, 4.69) is 15.5 Å². The zero-order chi connectivity index (χ0) is 19.5. The molecular formula is C19H13N5O4. The van der Waals surface area contributed by atoms with Crippen molar-refractivity contribution in [2.24, 2.45) is 5.10 Å². The first-order chi connectivity index (χ1) is 13.6. The fraction of sp³-hybridized carbons (Fsp3) is 0. The van der Waals surface area contributed by atoms with E-state index in [9.17, 15) is 14.9 Å². The maximum atomic E-state index is 12.7. The molecule has 9 heteroatoms. The zero-order valence-corrected chi connectivity index (χ0v) is 14.4. The molecule has 28 heavy (non-hydrogen) atoms. The third-order valence-corrected chi connectivity index (χ3v) is 3.94. The minimum atomic E-state index is -0.654. The summed E-state index contributed by atoms with van der Waals surface area (Å²) in [7, 11) is 0. The second-order valence-electron chi connectivity index (χ2n) is 5.74. The van der Waals surface area contributed by atoms with Gasteiger partial charge in [0.15, 0.2) is 11.5 Å². The van der Waals surface area contributed by atoms with Gasteiger partial charge in [0, 0.05) is 11.8 Å². The summed E-state index contributed by atoms with van der Waals surface area (Å²) < 4.78 is 6.78. The van der Waals surface area contributed by atoms with Crippen molar-refractivity contribution in [3.05, 3.63) is 88.4 Å². The molecule has 1 N–H and O–H groups in total. The zero-order valence-electron chi connectivity index (χ0n) is 14.4. The van der Waals surface area contributed by atoms with Gasteiger partial charge >= 0.3 is 5.88 Å². The number of furan rings is 1. The number of nitro groups is 1. The molecule has 0 aliphatic carbocycles. The Morgan fingerprint density at radius 2 is 1.93 bits per heavy atom. The number of benzene rings is 1. The molecule has 4 aromatic rings. The van der Waals surface area contributed by atoms with Gasteiger partial charge in [0.25, 0.3) is 5.91 Å². The lowest BCUT2D eigenvalue weighted by molar-refractivity contribution is -0.402. The molecule has 0 saturated carbocycles. The Kier molecular flexibility index (Phi) is 4.38. The maximum Gasteiger partial charge on any atom is 0.433 e. The van der Waals surface area contributed by atoms with Gasteiger partial charge in [-0.05, 0) is 18.2 Å². The minimum Gasteiger partial charge on any atom is -0.400 e. The van der Waals surface area contributed by atoms with E-state index in [1.807, 2.05) is 53.1 Å². The van der Waals surface area contributed by atoms with Gasteiger partial charge < -0.3 is 4.42 Å². The summed E-state index contributed by atoms with van der Waals surface area (Å²) in [5, 5.41) is 14.4. The van der Waals surface area contributed by atoms with Crippen LogP contribution in [0.25, 0.3) is 16.9 Å². The number of rotatable bonds is 5. The molecule has 0 fully saturated rings. The number of amides is 1. The Balaban J connectivity index is 1.64. The van der Waals surface area contributed by atoms with Crippen molar-refractivity contribution in [3.8, 4) is 11.3 Å². The second-order valence-corrected chi connectivity index (χ2v) is 5.74. The second kappa shape index (κ2) is 7.16. The molecule has 0 radical (unpaired) electrons. The Morgan fingerprint density at radius 3 is 2.68 bits per heavy atom. The lowest BCUT2D eigenvalue weighted by atomic mass is 10.1. The van der Waals surface area contributed by atoms with Crippen LogP contribution in [0.15, 0.2) is 76.4 Å². The maximum absolute atomic E-state index is 12.7. The molecule has 4 rings (SSSR count). The molecule has 138 valence electrons. The van der Waals surface area contributed by atoms with Crippen LogP contribution in [0.5, 0.6) is 0 Å². The van der Waals surface area contributed by atoms with Crippen LogP contribution in [0.2, 0.25) is 0 Å². The average Bonchev–Trinajstić information content (AvgIpc) is 3.33. The van der Waals surface area contributed by atoms with E-state index >= 15 is 0 Å². The molecule has 3 heterocycles. The highest BCUT2D eigenvalue weighted by Gasteiger charge is 2.20. The highest BCUT2D eigenvalue weighted by molar-refractivity contribution is 5.99. The number of carbonyl (C=O) groups excluding carboxylic acids is 1. The van der Waals surface area contributed by atoms with Gasteiger partial charge in [-0.15, -0.1) is 0 Å². The van der Waals surface area contributed by atoms with Crippen LogP contribution >= 0.6 is 0 Å². The third-order valence-electron chi connectivity index (χ3n) is 3.94. The fourth-order valence-corrected chi connectivity index (χ4v) is 2.74. The number of aromatic nitrogens is 2. The van der Waals surface area contributed by atoms with Crippen LogP contribution in [0.4, 0.5) is 5.88 Å². The minimum absolute atomic E-state index is 0.144. The third kappa shape index (κ3) is 3.23. The van der Waals surface area contributed by atoms with Crippen molar-refractivity contribution >= 4 is 23.7 Å². The van der Waals surface area contributed by atoms with Crippen molar-refractivity contribution in [1.29, 1.82) is 0 Å². The number of fused-ring (bicyclic) bond motifs is 1. The first-order valence-electron chi connectivity index (χ1n) is 8.23. The topological polar surface area (TPSA) is 115 Å². The molecule has 3 aromatic heterocycles. The largest absolute Gasteiger partial charge is 0.433 e. The molecule has 0 bridgehead atoms. The number of hydrogen-bond acceptors (Lipinski definition) is 6. The standard InChI is InChI=1S/C19H13N5O4/c25-19(22-20-12-14-9-10-16(28-14)24(26)27)17-18(13-6-2-1-3-7-13)23-11-5-4-8-15(23)21-17/h1-12H,(H,22,25)/b20-12+. The van der Waals surface area contributed by atoms with E-state index in [-0.39, 0.29) is 11.5 Å². The SMILES string of the molecule is O=C(N/N=C/c1ccc([N+](=O)[O-])o1)c1nc2ccccn2c1-c1ccccc1. The molecule has 1 aromatic carbocycles. The van der Waals surface area contributed by atoms with Crippen LogP contribution in [0.1, 0.15) is 16.2 Å². The Hall–Kier alpha value is -4.27. The van der Waals surface area contributed by atoms with E-state index in [0.717, 1.165) is 5.56 Å². The summed E-state index contributed by atoms with van der Waals surface area (Å²) in [6.07, 6.45) is 3.01. The van der Waals surface area contributed by atoms with Crippen LogP contribution in [-0.2, 0) is 0 Å². The highest BCUT2D eigenvalue weighted by Crippen LogP contribution is 2.25. The molecule has 0 unspecified atom stereocenters. The van der Waals surface area contributed by atoms with Gasteiger partial charge in [0.2, 0.25) is 0 Å². The number of nitrogens with one attached hydrogen (secondary N) is 1. The monoisotopic (exact) mass is 375 g/mol. The number of pyridine rings is 1. The first kappa shape index (κ1) is 17.2. The predicted octanol–water partition coefficient (Wildman–Crippen LogP) is 3.27. The normalized spacial score (nSPS) is 11.1. The van der Waals surface area contributed by atoms with E-state index in [1.54, 1.807) is 6.07 Å². The summed E-state index contributed by atoms with van der Waals surface area (Å²) in [6, 6.07) is 17.5. The molecule has 0 aliphatic heterocycles. The molecular weight excluding hydrogens is 362 g/mol. The Labute approximate surface area is 158 Å². The molecule has 0 aliphatic rings. The van der Waals surface area contributed by atoms with Gasteiger partial charge in [-0.2, -0.15) is 5.10 Å². The number of hydrazone groups is 1. The summed E-state index contributed by atoms with van der Waals surface area (Å²) in [4.78, 5) is 27.1. The number of imidazole rings is 1. The highest BCUT2D eigenvalue weighted by atomic mass is 16.6. The molecule has 0 saturated heterocycles. The first-order valence-corrected chi connectivity index (χ1v) is 8.23. The van der Waals surface area contributed by atoms with Crippen molar-refractivity contribution in [2.75, 3.05) is 0 Å². The van der Waals surface area contributed by atoms with Crippen LogP contribution < -0.4 is 5.43 Å². The molecule has 0 spiro atoms. The Morgan fingerprint density at radius 1 is 1.14 bits per heavy atom. The molecule has 1 amide bonds. The number of carbonyl (C=O) groups is 1. The van der Waals surface area contributed by atoms with E-state index in [4.69, 9.17) is 4.42 Å². The average molecular weight is 375 g/mol. The quantitative estimate of drug-likeness (QED) is 0.327. The van der Waals surface area contributed by atoms with E-state index in [0.29, 0.717) is 11.3 Å². The van der Waals surface area contributed by atoms with Crippen molar-refractivity contribution in [3.63, 3.8) is 0 Å². The van der Waals surface area contributed by atoms with E-state index < -0.39 is 16.7 Å². The van der Waals surface area contributed by atoms with Crippen molar-refractivity contribution < 1.29 is 14.1 Å². The number of nitrogens with zero attached hydrogens (tertiary/aromatic N) is 4. The van der Waals surface area contributed by atoms with E-state index in [1.165, 1.54) is 18.3 Å². The van der Waals surface area contributed by atoms with Gasteiger partial charge in [-0.3, -0.25) is 19.3 Å². The summed E-state index contributed by atoms with van der Waals surface area (Å²) in [6.45, 7) is 0. The number of hydrogen-bond donors (Lipinski definition) is 1. The van der Waals surface area contributed by atoms with Crippen molar-refractivity contribution in [1.82, 2.24) is 14.8 Å².